The summed E-state index contributed by atoms with van der Waals surface area (Å²) in [7, 11) is 22.1. The van der Waals surface area contributed by atoms with Crippen LogP contribution < -0.4 is 54.6 Å². The highest BCUT2D eigenvalue weighted by atomic mass is 32.1. The Bertz CT molecular complexity index is 3600. The average molecular weight is 789 g/mol. The van der Waals surface area contributed by atoms with E-state index in [0.717, 1.165) is 55.3 Å². The molecule has 0 fully saturated rings. The second kappa shape index (κ2) is 13.8. The van der Waals surface area contributed by atoms with Crippen LogP contribution in [0.15, 0.2) is 101 Å². The van der Waals surface area contributed by atoms with Crippen LogP contribution in [0.3, 0.4) is 0 Å². The summed E-state index contributed by atoms with van der Waals surface area (Å²) in [6.45, 7) is 0. The molecule has 278 valence electrons. The molecular formula is C45H36B10N4OS. The lowest BCUT2D eigenvalue weighted by atomic mass is 9.60. The van der Waals surface area contributed by atoms with Crippen LogP contribution >= 0.6 is 11.3 Å². The van der Waals surface area contributed by atoms with Crippen LogP contribution in [0.4, 0.5) is 0 Å². The lowest BCUT2D eigenvalue weighted by Crippen LogP contribution is -2.55. The monoisotopic (exact) mass is 790 g/mol. The summed E-state index contributed by atoms with van der Waals surface area (Å²) in [6.07, 6.45) is 0. The minimum absolute atomic E-state index is 0.632. The first-order valence-electron chi connectivity index (χ1n) is 21.1. The van der Waals surface area contributed by atoms with Crippen molar-refractivity contribution >= 4 is 208 Å². The van der Waals surface area contributed by atoms with E-state index in [0.29, 0.717) is 17.5 Å². The molecule has 0 radical (unpaired) electrons. The quantitative estimate of drug-likeness (QED) is 0.168. The fraction of sp³-hybridized carbons (Fsp3) is 0. The second-order valence-electron chi connectivity index (χ2n) is 17.0. The highest BCUT2D eigenvalue weighted by Gasteiger charge is 2.25. The summed E-state index contributed by atoms with van der Waals surface area (Å²) in [4.78, 5) is 16.2. The van der Waals surface area contributed by atoms with Crippen molar-refractivity contribution in [3.8, 4) is 39.9 Å². The summed E-state index contributed by atoms with van der Waals surface area (Å²) < 4.78 is 12.0. The number of rotatable bonds is 4. The number of furan rings is 1. The van der Waals surface area contributed by atoms with Gasteiger partial charge in [-0.25, -0.2) is 15.0 Å². The van der Waals surface area contributed by atoms with Gasteiger partial charge in [-0.05, 0) is 30.3 Å². The van der Waals surface area contributed by atoms with Gasteiger partial charge in [0.05, 0.1) is 16.7 Å². The van der Waals surface area contributed by atoms with Gasteiger partial charge in [-0.2, -0.15) is 0 Å². The molecule has 0 aliphatic heterocycles. The predicted molar refractivity (Wildman–Crippen MR) is 292 cm³/mol. The molecule has 0 bridgehead atoms. The first-order valence-corrected chi connectivity index (χ1v) is 21.9. The number of nitrogens with zero attached hydrogens (tertiary/aromatic N) is 4. The Kier molecular flexibility index (Phi) is 8.57. The zero-order chi connectivity index (χ0) is 42.2. The Labute approximate surface area is 367 Å². The molecule has 0 N–H and O–H groups in total. The van der Waals surface area contributed by atoms with E-state index in [1.807, 2.05) is 11.3 Å². The van der Waals surface area contributed by atoms with Crippen LogP contribution in [0.25, 0.3) is 104 Å². The van der Waals surface area contributed by atoms with E-state index in [4.69, 9.17) is 19.4 Å². The SMILES string of the molecule is Bc1c(B)c(B)c(-c2nc(-c3c(B)c(B)c(B)c(B)c3B)nc(-c3cccc4oc5c(-n6c7ccccc7c7c8sc9ccccc9c8ccc76)cccc5c34)n2)c(B)c1B. The van der Waals surface area contributed by atoms with E-state index in [-0.39, 0.29) is 0 Å². The third-order valence-corrected chi connectivity index (χ3v) is 15.5. The molecule has 11 rings (SSSR count). The topological polar surface area (TPSA) is 56.7 Å². The third kappa shape index (κ3) is 5.37. The average Bonchev–Trinajstić information content (AvgIpc) is 3.96. The third-order valence-electron chi connectivity index (χ3n) is 14.2. The van der Waals surface area contributed by atoms with Gasteiger partial charge < -0.3 is 8.98 Å². The molecule has 0 unspecified atom stereocenters. The van der Waals surface area contributed by atoms with E-state index >= 15 is 0 Å². The van der Waals surface area contributed by atoms with Crippen molar-refractivity contribution in [3.05, 3.63) is 97.1 Å². The number of benzene rings is 7. The molecule has 7 aromatic carbocycles. The molecule has 4 aromatic heterocycles. The molecule has 0 spiro atoms. The molecule has 4 heterocycles. The number of para-hydroxylation sites is 2. The molecule has 61 heavy (non-hydrogen) atoms. The Hall–Kier alpha value is -5.98. The molecule has 5 nitrogen and oxygen atoms in total. The maximum Gasteiger partial charge on any atom is 0.164 e. The Morgan fingerprint density at radius 2 is 0.967 bits per heavy atom. The normalized spacial score (nSPS) is 11.9. The lowest BCUT2D eigenvalue weighted by molar-refractivity contribution is 0.666. The Balaban J connectivity index is 1.20. The summed E-state index contributed by atoms with van der Waals surface area (Å²) >= 11 is 1.87. The van der Waals surface area contributed by atoms with Gasteiger partial charge in [0.1, 0.15) is 84.0 Å². The number of fused-ring (bicyclic) bond motifs is 10. The number of hydrogen-bond donors (Lipinski definition) is 0. The summed E-state index contributed by atoms with van der Waals surface area (Å²) in [5.74, 6) is 2.02. The minimum atomic E-state index is 0.632. The Morgan fingerprint density at radius 3 is 1.62 bits per heavy atom. The van der Waals surface area contributed by atoms with Crippen molar-refractivity contribution < 1.29 is 4.42 Å². The second-order valence-corrected chi connectivity index (χ2v) is 18.1. The van der Waals surface area contributed by atoms with E-state index in [9.17, 15) is 0 Å². The number of thiophene rings is 1. The summed E-state index contributed by atoms with van der Waals surface area (Å²) in [5, 5.41) is 7.10. The molecular weight excluding hydrogens is 753 g/mol. The standard InChI is InChI=1S/C45H36B10N4OS/c46-31-29(32(47)36(51)39(54)35(31)50)44-56-43(57-45(58-44)30-33(48)37(52)40(55)38(53)34(30)49)21-10-6-13-25-27(21)20-9-5-12-24(41(20)60-25)59-22-11-3-1-8-19(22)28-23(59)16-15-18-17-7-2-4-14-26(17)61-42(18)28/h1-16H,46-55H2. The zero-order valence-corrected chi connectivity index (χ0v) is 37.2. The van der Waals surface area contributed by atoms with E-state index in [2.05, 4.69) is 180 Å². The largest absolute Gasteiger partial charge is 0.454 e. The highest BCUT2D eigenvalue weighted by Crippen LogP contribution is 2.45. The fourth-order valence-corrected chi connectivity index (χ4v) is 11.3. The molecule has 11 aromatic rings. The number of hydrogen-bond acceptors (Lipinski definition) is 5. The predicted octanol–water partition coefficient (Wildman–Crippen LogP) is -5.18. The maximum atomic E-state index is 7.01. The molecule has 0 aliphatic rings. The lowest BCUT2D eigenvalue weighted by Gasteiger charge is -2.22. The van der Waals surface area contributed by atoms with Gasteiger partial charge in [0, 0.05) is 58.4 Å². The molecule has 0 aliphatic carbocycles. The van der Waals surface area contributed by atoms with E-state index in [1.54, 1.807) is 0 Å². The van der Waals surface area contributed by atoms with Crippen molar-refractivity contribution in [1.29, 1.82) is 0 Å². The van der Waals surface area contributed by atoms with E-state index in [1.165, 1.54) is 85.6 Å². The zero-order valence-electron chi connectivity index (χ0n) is 36.3. The van der Waals surface area contributed by atoms with Gasteiger partial charge >= 0.3 is 0 Å². The van der Waals surface area contributed by atoms with Crippen molar-refractivity contribution in [2.75, 3.05) is 0 Å². The molecule has 16 heteroatoms. The first-order chi connectivity index (χ1) is 29.4. The minimum Gasteiger partial charge on any atom is -0.454 e. The van der Waals surface area contributed by atoms with Gasteiger partial charge in [0.25, 0.3) is 0 Å². The van der Waals surface area contributed by atoms with E-state index < -0.39 is 0 Å². The van der Waals surface area contributed by atoms with Crippen molar-refractivity contribution in [1.82, 2.24) is 19.5 Å². The van der Waals surface area contributed by atoms with Gasteiger partial charge in [-0.1, -0.05) is 88.6 Å². The highest BCUT2D eigenvalue weighted by molar-refractivity contribution is 7.26. The van der Waals surface area contributed by atoms with Crippen molar-refractivity contribution in [3.63, 3.8) is 0 Å². The molecule has 0 atom stereocenters. The van der Waals surface area contributed by atoms with Gasteiger partial charge in [-0.3, -0.25) is 0 Å². The van der Waals surface area contributed by atoms with Crippen molar-refractivity contribution in [2.24, 2.45) is 0 Å². The van der Waals surface area contributed by atoms with Gasteiger partial charge in [0.2, 0.25) is 0 Å². The van der Waals surface area contributed by atoms with Crippen molar-refractivity contribution in [2.45, 2.75) is 0 Å². The fourth-order valence-electron chi connectivity index (χ4n) is 10.1. The van der Waals surface area contributed by atoms with Crippen LogP contribution in [0.1, 0.15) is 0 Å². The molecule has 0 saturated carbocycles. The summed E-state index contributed by atoms with van der Waals surface area (Å²) in [6, 6.07) is 34.9. The van der Waals surface area contributed by atoms with Crippen LogP contribution in [-0.2, 0) is 0 Å². The molecule has 0 amide bonds. The first kappa shape index (κ1) is 38.0. The van der Waals surface area contributed by atoms with Crippen LogP contribution in [0.2, 0.25) is 0 Å². The molecule has 0 saturated heterocycles. The summed E-state index contributed by atoms with van der Waals surface area (Å²) in [5.41, 5.74) is 20.5. The van der Waals surface area contributed by atoms with Gasteiger partial charge in [-0.15, -0.1) is 44.1 Å². The van der Waals surface area contributed by atoms with Crippen LogP contribution in [0.5, 0.6) is 0 Å². The smallest absolute Gasteiger partial charge is 0.164 e. The maximum absolute atomic E-state index is 7.01. The van der Waals surface area contributed by atoms with Gasteiger partial charge in [0.15, 0.2) is 23.1 Å². The Morgan fingerprint density at radius 1 is 0.426 bits per heavy atom. The van der Waals surface area contributed by atoms with Crippen LogP contribution in [0, 0.1) is 0 Å². The van der Waals surface area contributed by atoms with Crippen LogP contribution in [-0.4, -0.2) is 98.0 Å². The number of aromatic nitrogens is 4.